The normalized spacial score (nSPS) is 22.1. The number of nitrogens with two attached hydrogens (primary N) is 1. The van der Waals surface area contributed by atoms with E-state index >= 15 is 0 Å². The number of aliphatic hydroxyl groups is 1. The van der Waals surface area contributed by atoms with E-state index in [9.17, 15) is 9.90 Å². The average molecular weight is 249 g/mol. The standard InChI is InChI=1S/C14H20N2O2/c17-13(11-6-2-1-3-7-11)10-16-12-8-4-5-9-15-14(12)18/h1-3,6-7,12-13,16-17H,4-5,8-10H2,(H,15,18)/p+1/t12-,13+/m1/s1. The average Bonchev–Trinajstić information content (AvgIpc) is 2.62. The predicted molar refractivity (Wildman–Crippen MR) is 68.8 cm³/mol. The zero-order valence-electron chi connectivity index (χ0n) is 10.5. The van der Waals surface area contributed by atoms with E-state index in [-0.39, 0.29) is 11.9 Å². The summed E-state index contributed by atoms with van der Waals surface area (Å²) in [5.74, 6) is 0.104. The fourth-order valence-electron chi connectivity index (χ4n) is 2.29. The van der Waals surface area contributed by atoms with E-state index in [0.29, 0.717) is 6.54 Å². The monoisotopic (exact) mass is 249 g/mol. The molecular weight excluding hydrogens is 228 g/mol. The molecule has 2 atom stereocenters. The second kappa shape index (κ2) is 6.52. The summed E-state index contributed by atoms with van der Waals surface area (Å²) in [6.07, 6.45) is 2.51. The van der Waals surface area contributed by atoms with Crippen molar-refractivity contribution in [1.29, 1.82) is 0 Å². The third-order valence-electron chi connectivity index (χ3n) is 3.41. The van der Waals surface area contributed by atoms with Crippen LogP contribution in [0.15, 0.2) is 30.3 Å². The Hall–Kier alpha value is -1.39. The highest BCUT2D eigenvalue weighted by molar-refractivity contribution is 5.80. The lowest BCUT2D eigenvalue weighted by molar-refractivity contribution is -0.683. The van der Waals surface area contributed by atoms with E-state index in [4.69, 9.17) is 0 Å². The molecule has 1 aliphatic heterocycles. The molecule has 0 bridgehead atoms. The van der Waals surface area contributed by atoms with Crippen molar-refractivity contribution < 1.29 is 15.2 Å². The van der Waals surface area contributed by atoms with Crippen molar-refractivity contribution in [2.24, 2.45) is 0 Å². The van der Waals surface area contributed by atoms with Crippen LogP contribution in [-0.2, 0) is 4.79 Å². The number of nitrogens with one attached hydrogen (secondary N) is 1. The van der Waals surface area contributed by atoms with Crippen LogP contribution in [0.3, 0.4) is 0 Å². The van der Waals surface area contributed by atoms with Crippen LogP contribution >= 0.6 is 0 Å². The summed E-state index contributed by atoms with van der Waals surface area (Å²) in [6.45, 7) is 1.31. The Bertz CT molecular complexity index is 381. The SMILES string of the molecule is O=C1NCCCC[C@H]1[NH2+]C[C@H](O)c1ccccc1. The molecule has 1 aromatic carbocycles. The van der Waals surface area contributed by atoms with E-state index in [1.807, 2.05) is 35.6 Å². The summed E-state index contributed by atoms with van der Waals surface area (Å²) in [6, 6.07) is 9.52. The van der Waals surface area contributed by atoms with E-state index in [2.05, 4.69) is 5.32 Å². The van der Waals surface area contributed by atoms with Gasteiger partial charge in [0.2, 0.25) is 0 Å². The number of carbonyl (C=O) groups excluding carboxylic acids is 1. The van der Waals surface area contributed by atoms with Gasteiger partial charge < -0.3 is 15.7 Å². The molecule has 1 saturated heterocycles. The van der Waals surface area contributed by atoms with E-state index in [0.717, 1.165) is 31.4 Å². The number of carbonyl (C=O) groups is 1. The Morgan fingerprint density at radius 1 is 1.33 bits per heavy atom. The first kappa shape index (κ1) is 13.1. The minimum atomic E-state index is -0.512. The number of rotatable bonds is 4. The Morgan fingerprint density at radius 3 is 2.89 bits per heavy atom. The van der Waals surface area contributed by atoms with Crippen LogP contribution in [0.5, 0.6) is 0 Å². The van der Waals surface area contributed by atoms with Crippen LogP contribution in [0, 0.1) is 0 Å². The van der Waals surface area contributed by atoms with Gasteiger partial charge in [0.15, 0.2) is 6.04 Å². The molecule has 0 saturated carbocycles. The zero-order valence-corrected chi connectivity index (χ0v) is 10.5. The quantitative estimate of drug-likeness (QED) is 0.700. The first-order valence-corrected chi connectivity index (χ1v) is 6.61. The minimum absolute atomic E-state index is 0.0501. The number of hydrogen-bond donors (Lipinski definition) is 3. The van der Waals surface area contributed by atoms with Crippen molar-refractivity contribution in [3.8, 4) is 0 Å². The Labute approximate surface area is 107 Å². The second-order valence-electron chi connectivity index (χ2n) is 4.79. The first-order chi connectivity index (χ1) is 8.77. The summed E-state index contributed by atoms with van der Waals surface area (Å²) in [7, 11) is 0. The fourth-order valence-corrected chi connectivity index (χ4v) is 2.29. The number of quaternary nitrogens is 1. The summed E-state index contributed by atoms with van der Waals surface area (Å²) in [4.78, 5) is 11.7. The molecule has 4 N–H and O–H groups in total. The molecule has 1 fully saturated rings. The molecule has 1 amide bonds. The Balaban J connectivity index is 1.85. The van der Waals surface area contributed by atoms with E-state index in [1.165, 1.54) is 0 Å². The molecular formula is C14H21N2O2+. The largest absolute Gasteiger partial charge is 0.382 e. The fraction of sp³-hybridized carbons (Fsp3) is 0.500. The maximum absolute atomic E-state index is 11.7. The molecule has 4 nitrogen and oxygen atoms in total. The first-order valence-electron chi connectivity index (χ1n) is 6.61. The lowest BCUT2D eigenvalue weighted by Gasteiger charge is -2.15. The Morgan fingerprint density at radius 2 is 2.11 bits per heavy atom. The van der Waals surface area contributed by atoms with Crippen LogP contribution in [-0.4, -0.2) is 30.1 Å². The maximum Gasteiger partial charge on any atom is 0.278 e. The third-order valence-corrected chi connectivity index (χ3v) is 3.41. The Kier molecular flexibility index (Phi) is 4.73. The summed E-state index contributed by atoms with van der Waals surface area (Å²) in [5, 5.41) is 14.9. The van der Waals surface area contributed by atoms with Crippen LogP contribution in [0.2, 0.25) is 0 Å². The van der Waals surface area contributed by atoms with Gasteiger partial charge in [0, 0.05) is 13.0 Å². The van der Waals surface area contributed by atoms with Gasteiger partial charge in [0.25, 0.3) is 5.91 Å². The molecule has 1 aliphatic rings. The van der Waals surface area contributed by atoms with Gasteiger partial charge in [-0.3, -0.25) is 4.79 Å². The van der Waals surface area contributed by atoms with Gasteiger partial charge in [-0.1, -0.05) is 30.3 Å². The van der Waals surface area contributed by atoms with Gasteiger partial charge in [0.05, 0.1) is 0 Å². The van der Waals surface area contributed by atoms with Gasteiger partial charge in [-0.2, -0.15) is 0 Å². The van der Waals surface area contributed by atoms with Crippen LogP contribution in [0.4, 0.5) is 0 Å². The third kappa shape index (κ3) is 3.55. The highest BCUT2D eigenvalue weighted by Crippen LogP contribution is 2.09. The molecule has 98 valence electrons. The van der Waals surface area contributed by atoms with E-state index in [1.54, 1.807) is 0 Å². The maximum atomic E-state index is 11.7. The molecule has 2 rings (SSSR count). The summed E-state index contributed by atoms with van der Waals surface area (Å²) < 4.78 is 0. The summed E-state index contributed by atoms with van der Waals surface area (Å²) in [5.41, 5.74) is 0.905. The minimum Gasteiger partial charge on any atom is -0.382 e. The van der Waals surface area contributed by atoms with Crippen molar-refractivity contribution in [2.75, 3.05) is 13.1 Å². The number of benzene rings is 1. The number of aliphatic hydroxyl groups excluding tert-OH is 1. The molecule has 1 heterocycles. The summed E-state index contributed by atoms with van der Waals surface area (Å²) >= 11 is 0. The molecule has 0 aliphatic carbocycles. The van der Waals surface area contributed by atoms with Gasteiger partial charge in [-0.15, -0.1) is 0 Å². The second-order valence-corrected chi connectivity index (χ2v) is 4.79. The number of amides is 1. The highest BCUT2D eigenvalue weighted by atomic mass is 16.3. The van der Waals surface area contributed by atoms with Crippen LogP contribution in [0.25, 0.3) is 0 Å². The predicted octanol–water partition coefficient (Wildman–Crippen LogP) is -0.0479. The van der Waals surface area contributed by atoms with Crippen LogP contribution in [0.1, 0.15) is 30.9 Å². The van der Waals surface area contributed by atoms with Gasteiger partial charge in [0.1, 0.15) is 12.6 Å². The van der Waals surface area contributed by atoms with Crippen molar-refractivity contribution in [1.82, 2.24) is 5.32 Å². The van der Waals surface area contributed by atoms with Crippen LogP contribution < -0.4 is 10.6 Å². The van der Waals surface area contributed by atoms with Crippen molar-refractivity contribution in [2.45, 2.75) is 31.4 Å². The van der Waals surface area contributed by atoms with E-state index < -0.39 is 6.10 Å². The number of hydrogen-bond acceptors (Lipinski definition) is 2. The lowest BCUT2D eigenvalue weighted by Crippen LogP contribution is -2.93. The van der Waals surface area contributed by atoms with Crippen molar-refractivity contribution in [3.63, 3.8) is 0 Å². The molecule has 18 heavy (non-hydrogen) atoms. The van der Waals surface area contributed by atoms with Crippen molar-refractivity contribution >= 4 is 5.91 Å². The molecule has 4 heteroatoms. The highest BCUT2D eigenvalue weighted by Gasteiger charge is 2.24. The van der Waals surface area contributed by atoms with Gasteiger partial charge in [-0.05, 0) is 18.4 Å². The molecule has 0 radical (unpaired) electrons. The lowest BCUT2D eigenvalue weighted by atomic mass is 10.1. The van der Waals surface area contributed by atoms with Crippen molar-refractivity contribution in [3.05, 3.63) is 35.9 Å². The molecule has 0 spiro atoms. The van der Waals surface area contributed by atoms with Gasteiger partial charge in [-0.25, -0.2) is 0 Å². The van der Waals surface area contributed by atoms with Gasteiger partial charge >= 0.3 is 0 Å². The molecule has 1 aromatic rings. The smallest absolute Gasteiger partial charge is 0.278 e. The topological polar surface area (TPSA) is 65.9 Å². The molecule has 0 unspecified atom stereocenters. The molecule has 0 aromatic heterocycles. The zero-order chi connectivity index (χ0) is 12.8.